The van der Waals surface area contributed by atoms with Crippen molar-refractivity contribution >= 4 is 28.2 Å². The van der Waals surface area contributed by atoms with E-state index in [2.05, 4.69) is 22.5 Å². The van der Waals surface area contributed by atoms with E-state index in [0.717, 1.165) is 19.4 Å². The summed E-state index contributed by atoms with van der Waals surface area (Å²) < 4.78 is 4.91. The van der Waals surface area contributed by atoms with E-state index in [0.29, 0.717) is 23.2 Å². The molecule has 0 saturated carbocycles. The fourth-order valence-corrected chi connectivity index (χ4v) is 2.13. The summed E-state index contributed by atoms with van der Waals surface area (Å²) in [5.74, 6) is 0.105. The van der Waals surface area contributed by atoms with Gasteiger partial charge in [0.2, 0.25) is 0 Å². The zero-order valence-electron chi connectivity index (χ0n) is 10.8. The van der Waals surface area contributed by atoms with Crippen LogP contribution in [0.4, 0.5) is 10.9 Å². The summed E-state index contributed by atoms with van der Waals surface area (Å²) >= 11 is 1.28. The molecule has 0 aliphatic carbocycles. The van der Waals surface area contributed by atoms with Gasteiger partial charge in [-0.3, -0.25) is 4.79 Å². The van der Waals surface area contributed by atoms with Gasteiger partial charge in [0, 0.05) is 26.8 Å². The smallest absolute Gasteiger partial charge is 0.265 e. The number of hydrogen-bond acceptors (Lipinski definition) is 6. The lowest BCUT2D eigenvalue weighted by Crippen LogP contribution is -2.25. The minimum Gasteiger partial charge on any atom is -0.385 e. The molecule has 7 heteroatoms. The first kappa shape index (κ1) is 14.7. The number of rotatable bonds is 8. The van der Waals surface area contributed by atoms with Gasteiger partial charge in [-0.2, -0.15) is 0 Å². The van der Waals surface area contributed by atoms with Gasteiger partial charge in [-0.15, -0.1) is 0 Å². The van der Waals surface area contributed by atoms with E-state index in [9.17, 15) is 4.79 Å². The molecule has 0 aliphatic rings. The maximum atomic E-state index is 11.8. The predicted octanol–water partition coefficient (Wildman–Crippen LogP) is 1.31. The number of methoxy groups -OCH3 is 1. The second kappa shape index (κ2) is 7.88. The molecule has 0 aromatic carbocycles. The number of nitrogens with one attached hydrogen (secondary N) is 2. The lowest BCUT2D eigenvalue weighted by molar-refractivity contribution is 0.0953. The van der Waals surface area contributed by atoms with Gasteiger partial charge >= 0.3 is 0 Å². The number of ether oxygens (including phenoxy) is 1. The molecule has 0 aliphatic heterocycles. The maximum Gasteiger partial charge on any atom is 0.265 e. The zero-order chi connectivity index (χ0) is 13.4. The number of hydrogen-bond donors (Lipinski definition) is 3. The number of nitrogen functional groups attached to an aromatic ring is 1. The Kier molecular flexibility index (Phi) is 6.45. The molecule has 0 bridgehead atoms. The van der Waals surface area contributed by atoms with Crippen LogP contribution < -0.4 is 16.4 Å². The quantitative estimate of drug-likeness (QED) is 0.621. The van der Waals surface area contributed by atoms with E-state index in [1.165, 1.54) is 11.3 Å². The third-order valence-corrected chi connectivity index (χ3v) is 3.22. The molecule has 0 fully saturated rings. The molecule has 0 spiro atoms. The molecule has 1 rings (SSSR count). The van der Waals surface area contributed by atoms with Crippen molar-refractivity contribution in [3.8, 4) is 0 Å². The molecule has 18 heavy (non-hydrogen) atoms. The summed E-state index contributed by atoms with van der Waals surface area (Å²) in [5.41, 5.74) is 5.72. The zero-order valence-corrected chi connectivity index (χ0v) is 11.6. The molecule has 0 atom stereocenters. The summed E-state index contributed by atoms with van der Waals surface area (Å²) in [7, 11) is 1.63. The van der Waals surface area contributed by atoms with E-state index in [1.807, 2.05) is 0 Å². The molecule has 0 saturated heterocycles. The van der Waals surface area contributed by atoms with Gasteiger partial charge in [-0.05, 0) is 12.8 Å². The molecule has 1 aromatic rings. The Hall–Kier alpha value is -1.34. The highest BCUT2D eigenvalue weighted by atomic mass is 32.1. The van der Waals surface area contributed by atoms with Crippen LogP contribution in [0.25, 0.3) is 0 Å². The Morgan fingerprint density at radius 1 is 1.50 bits per heavy atom. The average Bonchev–Trinajstić information content (AvgIpc) is 2.73. The van der Waals surface area contributed by atoms with Crippen molar-refractivity contribution in [1.82, 2.24) is 10.3 Å². The van der Waals surface area contributed by atoms with Gasteiger partial charge in [0.1, 0.15) is 10.7 Å². The molecule has 6 nitrogen and oxygen atoms in total. The standard InChI is InChI=1S/C11H20N4O2S/c1-3-5-14-11-15-9(12)8(18-11)10(16)13-6-4-7-17-2/h3-7,12H2,1-2H3,(H,13,16)(H,14,15). The Bertz CT molecular complexity index is 381. The minimum absolute atomic E-state index is 0.175. The molecule has 1 amide bonds. The first-order chi connectivity index (χ1) is 8.69. The van der Waals surface area contributed by atoms with Crippen LogP contribution in [0.3, 0.4) is 0 Å². The lowest BCUT2D eigenvalue weighted by atomic mass is 10.4. The number of amides is 1. The number of anilines is 2. The highest BCUT2D eigenvalue weighted by Crippen LogP contribution is 2.24. The van der Waals surface area contributed by atoms with Crippen molar-refractivity contribution in [3.05, 3.63) is 4.88 Å². The minimum atomic E-state index is -0.175. The fraction of sp³-hybridized carbons (Fsp3) is 0.636. The van der Waals surface area contributed by atoms with E-state index in [-0.39, 0.29) is 11.7 Å². The largest absolute Gasteiger partial charge is 0.385 e. The van der Waals surface area contributed by atoms with Crippen LogP contribution in [0.1, 0.15) is 29.4 Å². The summed E-state index contributed by atoms with van der Waals surface area (Å²) in [6.07, 6.45) is 1.78. The van der Waals surface area contributed by atoms with E-state index < -0.39 is 0 Å². The maximum absolute atomic E-state index is 11.8. The first-order valence-electron chi connectivity index (χ1n) is 5.96. The Labute approximate surface area is 111 Å². The Morgan fingerprint density at radius 3 is 2.94 bits per heavy atom. The molecule has 102 valence electrons. The van der Waals surface area contributed by atoms with Crippen molar-refractivity contribution in [2.24, 2.45) is 0 Å². The molecule has 1 aromatic heterocycles. The fourth-order valence-electron chi connectivity index (χ4n) is 1.30. The van der Waals surface area contributed by atoms with Gasteiger partial charge in [0.05, 0.1) is 0 Å². The highest BCUT2D eigenvalue weighted by molar-refractivity contribution is 7.18. The van der Waals surface area contributed by atoms with Crippen LogP contribution in [0, 0.1) is 0 Å². The van der Waals surface area contributed by atoms with Crippen LogP contribution in [0.2, 0.25) is 0 Å². The van der Waals surface area contributed by atoms with Crippen LogP contribution in [-0.2, 0) is 4.74 Å². The molecule has 0 radical (unpaired) electrons. The van der Waals surface area contributed by atoms with Crippen molar-refractivity contribution < 1.29 is 9.53 Å². The summed E-state index contributed by atoms with van der Waals surface area (Å²) in [5, 5.41) is 6.59. The van der Waals surface area contributed by atoms with E-state index in [1.54, 1.807) is 7.11 Å². The monoisotopic (exact) mass is 272 g/mol. The second-order valence-electron chi connectivity index (χ2n) is 3.76. The number of thiazole rings is 1. The van der Waals surface area contributed by atoms with Crippen molar-refractivity contribution in [2.75, 3.05) is 37.9 Å². The lowest BCUT2D eigenvalue weighted by Gasteiger charge is -2.02. The van der Waals surface area contributed by atoms with Crippen molar-refractivity contribution in [2.45, 2.75) is 19.8 Å². The van der Waals surface area contributed by atoms with Crippen molar-refractivity contribution in [3.63, 3.8) is 0 Å². The molecule has 1 heterocycles. The van der Waals surface area contributed by atoms with Crippen LogP contribution in [0.5, 0.6) is 0 Å². The van der Waals surface area contributed by atoms with Crippen LogP contribution in [0.15, 0.2) is 0 Å². The number of nitrogens with two attached hydrogens (primary N) is 1. The van der Waals surface area contributed by atoms with Gasteiger partial charge in [0.25, 0.3) is 5.91 Å². The molecular weight excluding hydrogens is 252 g/mol. The van der Waals surface area contributed by atoms with Gasteiger partial charge in [-0.25, -0.2) is 4.98 Å². The number of carbonyl (C=O) groups excluding carboxylic acids is 1. The van der Waals surface area contributed by atoms with E-state index in [4.69, 9.17) is 10.5 Å². The molecular formula is C11H20N4O2S. The normalized spacial score (nSPS) is 10.3. The second-order valence-corrected chi connectivity index (χ2v) is 4.76. The van der Waals surface area contributed by atoms with Crippen molar-refractivity contribution in [1.29, 1.82) is 0 Å². The first-order valence-corrected chi connectivity index (χ1v) is 6.78. The third-order valence-electron chi connectivity index (χ3n) is 2.20. The number of carbonyl (C=O) groups is 1. The predicted molar refractivity (Wildman–Crippen MR) is 74.1 cm³/mol. The van der Waals surface area contributed by atoms with Gasteiger partial charge in [-0.1, -0.05) is 18.3 Å². The number of aromatic nitrogens is 1. The number of nitrogens with zero attached hydrogens (tertiary/aromatic N) is 1. The molecule has 4 N–H and O–H groups in total. The Balaban J connectivity index is 2.48. The summed E-state index contributed by atoms with van der Waals surface area (Å²) in [6, 6.07) is 0. The van der Waals surface area contributed by atoms with Crippen LogP contribution >= 0.6 is 11.3 Å². The van der Waals surface area contributed by atoms with Gasteiger partial charge < -0.3 is 21.1 Å². The van der Waals surface area contributed by atoms with Gasteiger partial charge in [0.15, 0.2) is 5.13 Å². The molecule has 0 unspecified atom stereocenters. The summed E-state index contributed by atoms with van der Waals surface area (Å²) in [4.78, 5) is 16.4. The third kappa shape index (κ3) is 4.50. The van der Waals surface area contributed by atoms with E-state index >= 15 is 0 Å². The van der Waals surface area contributed by atoms with Crippen LogP contribution in [-0.4, -0.2) is 37.7 Å². The topological polar surface area (TPSA) is 89.3 Å². The summed E-state index contributed by atoms with van der Waals surface area (Å²) in [6.45, 7) is 4.08. The highest BCUT2D eigenvalue weighted by Gasteiger charge is 2.15. The SMILES string of the molecule is CCCNc1nc(N)c(C(=O)NCCCOC)s1. The Morgan fingerprint density at radius 2 is 2.28 bits per heavy atom. The average molecular weight is 272 g/mol.